The summed E-state index contributed by atoms with van der Waals surface area (Å²) in [6.45, 7) is 4.74. The molecule has 3 aromatic rings. The Morgan fingerprint density at radius 1 is 0.964 bits per heavy atom. The van der Waals surface area contributed by atoms with Crippen molar-refractivity contribution in [3.63, 3.8) is 0 Å². The first kappa shape index (κ1) is 19.8. The standard InChI is InChI=1S/C23H22ClNO3/c1-3-27-22-13-12-17(23(26)25-20-10-6-5-9-19(20)24)14-18(22)15-28-21-11-7-4-8-16(21)2/h4-14H,3,15H2,1-2H3,(H,25,26). The third kappa shape index (κ3) is 4.84. The predicted molar refractivity (Wildman–Crippen MR) is 113 cm³/mol. The van der Waals surface area contributed by atoms with Gasteiger partial charge in [-0.1, -0.05) is 41.9 Å². The molecular formula is C23H22ClNO3. The number of carbonyl (C=O) groups excluding carboxylic acids is 1. The molecule has 0 heterocycles. The molecule has 0 aromatic heterocycles. The molecule has 28 heavy (non-hydrogen) atoms. The van der Waals surface area contributed by atoms with E-state index < -0.39 is 0 Å². The van der Waals surface area contributed by atoms with Crippen molar-refractivity contribution in [1.82, 2.24) is 0 Å². The number of benzene rings is 3. The van der Waals surface area contributed by atoms with Gasteiger partial charge in [-0.3, -0.25) is 4.79 Å². The number of hydrogen-bond acceptors (Lipinski definition) is 3. The number of para-hydroxylation sites is 2. The van der Waals surface area contributed by atoms with Crippen LogP contribution < -0.4 is 14.8 Å². The molecule has 0 saturated carbocycles. The van der Waals surface area contributed by atoms with E-state index in [1.807, 2.05) is 50.2 Å². The lowest BCUT2D eigenvalue weighted by molar-refractivity contribution is 0.102. The van der Waals surface area contributed by atoms with Gasteiger partial charge >= 0.3 is 0 Å². The fraction of sp³-hybridized carbons (Fsp3) is 0.174. The quantitative estimate of drug-likeness (QED) is 0.543. The van der Waals surface area contributed by atoms with Crippen molar-refractivity contribution >= 4 is 23.2 Å². The van der Waals surface area contributed by atoms with Gasteiger partial charge in [0.25, 0.3) is 5.91 Å². The molecule has 3 rings (SSSR count). The molecule has 4 nitrogen and oxygen atoms in total. The van der Waals surface area contributed by atoms with Crippen molar-refractivity contribution in [1.29, 1.82) is 0 Å². The smallest absolute Gasteiger partial charge is 0.255 e. The molecule has 0 atom stereocenters. The summed E-state index contributed by atoms with van der Waals surface area (Å²) in [5.74, 6) is 1.26. The van der Waals surface area contributed by atoms with E-state index in [0.717, 1.165) is 16.9 Å². The zero-order valence-corrected chi connectivity index (χ0v) is 16.6. The SMILES string of the molecule is CCOc1ccc(C(=O)Nc2ccccc2Cl)cc1COc1ccccc1C. The maximum Gasteiger partial charge on any atom is 0.255 e. The number of ether oxygens (including phenoxy) is 2. The minimum atomic E-state index is -0.242. The van der Waals surface area contributed by atoms with Crippen LogP contribution in [0.25, 0.3) is 0 Å². The number of hydrogen-bond donors (Lipinski definition) is 1. The second kappa shape index (κ2) is 9.29. The molecule has 0 fully saturated rings. The fourth-order valence-corrected chi connectivity index (χ4v) is 2.94. The van der Waals surface area contributed by atoms with E-state index in [9.17, 15) is 4.79 Å². The van der Waals surface area contributed by atoms with Crippen molar-refractivity contribution in [2.45, 2.75) is 20.5 Å². The monoisotopic (exact) mass is 395 g/mol. The fourth-order valence-electron chi connectivity index (χ4n) is 2.76. The van der Waals surface area contributed by atoms with Gasteiger partial charge in [0.15, 0.2) is 0 Å². The van der Waals surface area contributed by atoms with E-state index in [2.05, 4.69) is 5.32 Å². The van der Waals surface area contributed by atoms with Gasteiger partial charge in [-0.25, -0.2) is 0 Å². The van der Waals surface area contributed by atoms with E-state index in [1.165, 1.54) is 0 Å². The molecule has 144 valence electrons. The summed E-state index contributed by atoms with van der Waals surface area (Å²) in [7, 11) is 0. The van der Waals surface area contributed by atoms with Crippen LogP contribution >= 0.6 is 11.6 Å². The molecule has 1 N–H and O–H groups in total. The number of carbonyl (C=O) groups is 1. The van der Waals surface area contributed by atoms with Crippen molar-refractivity contribution < 1.29 is 14.3 Å². The molecule has 0 aliphatic carbocycles. The summed E-state index contributed by atoms with van der Waals surface area (Å²) < 4.78 is 11.6. The molecule has 0 saturated heterocycles. The average molecular weight is 396 g/mol. The summed E-state index contributed by atoms with van der Waals surface area (Å²) in [5, 5.41) is 3.33. The van der Waals surface area contributed by atoms with E-state index in [4.69, 9.17) is 21.1 Å². The Bertz CT molecular complexity index is 972. The zero-order chi connectivity index (χ0) is 19.9. The molecule has 0 radical (unpaired) electrons. The van der Waals surface area contributed by atoms with Crippen molar-refractivity contribution in [2.75, 3.05) is 11.9 Å². The molecule has 0 unspecified atom stereocenters. The number of amides is 1. The Hall–Kier alpha value is -2.98. The predicted octanol–water partition coefficient (Wildman–Crippen LogP) is 5.88. The molecule has 0 bridgehead atoms. The van der Waals surface area contributed by atoms with Crippen LogP contribution in [0.15, 0.2) is 66.7 Å². The summed E-state index contributed by atoms with van der Waals surface area (Å²) in [5.41, 5.74) is 2.93. The third-order valence-corrected chi connectivity index (χ3v) is 4.55. The Morgan fingerprint density at radius 2 is 1.71 bits per heavy atom. The Labute approximate surface area is 170 Å². The maximum atomic E-state index is 12.7. The van der Waals surface area contributed by atoms with E-state index in [-0.39, 0.29) is 5.91 Å². The molecule has 3 aromatic carbocycles. The highest BCUT2D eigenvalue weighted by molar-refractivity contribution is 6.33. The lowest BCUT2D eigenvalue weighted by Crippen LogP contribution is -2.13. The van der Waals surface area contributed by atoms with Crippen LogP contribution in [0.3, 0.4) is 0 Å². The first-order chi connectivity index (χ1) is 13.6. The van der Waals surface area contributed by atoms with Gasteiger partial charge in [0, 0.05) is 11.1 Å². The van der Waals surface area contributed by atoms with Gasteiger partial charge in [0.1, 0.15) is 18.1 Å². The first-order valence-electron chi connectivity index (χ1n) is 9.08. The zero-order valence-electron chi connectivity index (χ0n) is 15.9. The van der Waals surface area contributed by atoms with Crippen LogP contribution in [0.5, 0.6) is 11.5 Å². The molecule has 0 aliphatic rings. The summed E-state index contributed by atoms with van der Waals surface area (Å²) in [6.07, 6.45) is 0. The Morgan fingerprint density at radius 3 is 2.46 bits per heavy atom. The molecule has 0 aliphatic heterocycles. The second-order valence-corrected chi connectivity index (χ2v) is 6.65. The van der Waals surface area contributed by atoms with Crippen molar-refractivity contribution in [3.05, 3.63) is 88.4 Å². The first-order valence-corrected chi connectivity index (χ1v) is 9.46. The van der Waals surface area contributed by atoms with Crippen LogP contribution in [-0.2, 0) is 6.61 Å². The van der Waals surface area contributed by atoms with Gasteiger partial charge in [-0.15, -0.1) is 0 Å². The number of aryl methyl sites for hydroxylation is 1. The van der Waals surface area contributed by atoms with Crippen LogP contribution in [-0.4, -0.2) is 12.5 Å². The van der Waals surface area contributed by atoms with Gasteiger partial charge in [-0.05, 0) is 55.8 Å². The normalized spacial score (nSPS) is 10.4. The number of rotatable bonds is 7. The van der Waals surface area contributed by atoms with Crippen LogP contribution in [0, 0.1) is 6.92 Å². The maximum absolute atomic E-state index is 12.7. The summed E-state index contributed by atoms with van der Waals surface area (Å²) in [6, 6.07) is 20.2. The molecular weight excluding hydrogens is 374 g/mol. The summed E-state index contributed by atoms with van der Waals surface area (Å²) >= 11 is 6.13. The topological polar surface area (TPSA) is 47.6 Å². The summed E-state index contributed by atoms with van der Waals surface area (Å²) in [4.78, 5) is 12.7. The minimum absolute atomic E-state index is 0.242. The number of anilines is 1. The molecule has 0 spiro atoms. The van der Waals surface area contributed by atoms with Gasteiger partial charge < -0.3 is 14.8 Å². The van der Waals surface area contributed by atoms with Gasteiger partial charge in [-0.2, -0.15) is 0 Å². The molecule has 1 amide bonds. The van der Waals surface area contributed by atoms with Gasteiger partial charge in [0.05, 0.1) is 17.3 Å². The largest absolute Gasteiger partial charge is 0.493 e. The Balaban J connectivity index is 1.81. The van der Waals surface area contributed by atoms with E-state index in [0.29, 0.717) is 35.2 Å². The van der Waals surface area contributed by atoms with Crippen molar-refractivity contribution in [2.24, 2.45) is 0 Å². The van der Waals surface area contributed by atoms with Crippen LogP contribution in [0.2, 0.25) is 5.02 Å². The lowest BCUT2D eigenvalue weighted by atomic mass is 10.1. The van der Waals surface area contributed by atoms with E-state index in [1.54, 1.807) is 30.3 Å². The van der Waals surface area contributed by atoms with Crippen LogP contribution in [0.4, 0.5) is 5.69 Å². The van der Waals surface area contributed by atoms with Crippen molar-refractivity contribution in [3.8, 4) is 11.5 Å². The van der Waals surface area contributed by atoms with Gasteiger partial charge in [0.2, 0.25) is 0 Å². The highest BCUT2D eigenvalue weighted by Gasteiger charge is 2.13. The third-order valence-electron chi connectivity index (χ3n) is 4.22. The highest BCUT2D eigenvalue weighted by Crippen LogP contribution is 2.26. The number of halogens is 1. The second-order valence-electron chi connectivity index (χ2n) is 6.24. The Kier molecular flexibility index (Phi) is 6.56. The van der Waals surface area contributed by atoms with E-state index >= 15 is 0 Å². The average Bonchev–Trinajstić information content (AvgIpc) is 2.70. The number of nitrogens with one attached hydrogen (secondary N) is 1. The van der Waals surface area contributed by atoms with Crippen LogP contribution in [0.1, 0.15) is 28.4 Å². The highest BCUT2D eigenvalue weighted by atomic mass is 35.5. The lowest BCUT2D eigenvalue weighted by Gasteiger charge is -2.14. The molecule has 5 heteroatoms. The minimum Gasteiger partial charge on any atom is -0.493 e.